The van der Waals surface area contributed by atoms with Crippen LogP contribution in [-0.2, 0) is 9.53 Å². The van der Waals surface area contributed by atoms with Crippen LogP contribution in [0.4, 0.5) is 5.00 Å². The fourth-order valence-corrected chi connectivity index (χ4v) is 3.54. The van der Waals surface area contributed by atoms with Gasteiger partial charge in [0.05, 0.1) is 4.70 Å². The van der Waals surface area contributed by atoms with Gasteiger partial charge in [-0.15, -0.1) is 11.3 Å². The zero-order chi connectivity index (χ0) is 16.6. The number of rotatable bonds is 3. The number of thiophene rings is 1. The highest BCUT2D eigenvalue weighted by Gasteiger charge is 2.26. The van der Waals surface area contributed by atoms with Crippen molar-refractivity contribution in [2.24, 2.45) is 5.92 Å². The van der Waals surface area contributed by atoms with Gasteiger partial charge in [0.2, 0.25) is 5.91 Å². The Kier molecular flexibility index (Phi) is 4.18. The lowest BCUT2D eigenvalue weighted by Crippen LogP contribution is -2.35. The molecule has 23 heavy (non-hydrogen) atoms. The summed E-state index contributed by atoms with van der Waals surface area (Å²) in [4.78, 5) is 36.6. The lowest BCUT2D eigenvalue weighted by atomic mass is 9.99. The molecule has 2 aromatic rings. The Hall–Kier alpha value is -2.19. The van der Waals surface area contributed by atoms with Crippen LogP contribution in [0.15, 0.2) is 21.3 Å². The zero-order valence-corrected chi connectivity index (χ0v) is 13.2. The van der Waals surface area contributed by atoms with Crippen LogP contribution in [0, 0.1) is 5.92 Å². The maximum absolute atomic E-state index is 12.5. The second kappa shape index (κ2) is 6.13. The van der Waals surface area contributed by atoms with Crippen LogP contribution in [0.1, 0.15) is 23.2 Å². The minimum absolute atomic E-state index is 0.0133. The van der Waals surface area contributed by atoms with Crippen molar-refractivity contribution in [3.63, 3.8) is 0 Å². The fraction of sp³-hybridized carbons (Fsp3) is 0.400. The minimum Gasteiger partial charge on any atom is -0.477 e. The molecule has 0 aromatic carbocycles. The largest absolute Gasteiger partial charge is 0.477 e. The van der Waals surface area contributed by atoms with Gasteiger partial charge in [-0.3, -0.25) is 4.79 Å². The molecular formula is C15H15NO6S. The highest BCUT2D eigenvalue weighted by Crippen LogP contribution is 2.33. The van der Waals surface area contributed by atoms with Crippen LogP contribution in [0.3, 0.4) is 0 Å². The molecule has 2 aromatic heterocycles. The van der Waals surface area contributed by atoms with Crippen LogP contribution < -0.4 is 10.5 Å². The molecular weight excluding hydrogens is 322 g/mol. The predicted molar refractivity (Wildman–Crippen MR) is 84.3 cm³/mol. The molecule has 0 unspecified atom stereocenters. The van der Waals surface area contributed by atoms with Gasteiger partial charge in [-0.05, 0) is 18.9 Å². The summed E-state index contributed by atoms with van der Waals surface area (Å²) in [5.41, 5.74) is -1.02. The Labute approximate surface area is 135 Å². The van der Waals surface area contributed by atoms with Crippen LogP contribution in [0.5, 0.6) is 0 Å². The highest BCUT2D eigenvalue weighted by atomic mass is 32.1. The summed E-state index contributed by atoms with van der Waals surface area (Å²) in [6.45, 7) is 1.15. The van der Waals surface area contributed by atoms with E-state index < -0.39 is 17.2 Å². The summed E-state index contributed by atoms with van der Waals surface area (Å²) in [6, 6.07) is 2.87. The molecule has 1 amide bonds. The second-order valence-corrected chi connectivity index (χ2v) is 6.41. The standard InChI is InChI=1S/C15H15NO6S/c1-16(13(17)8-2-4-21-5-3-8)12-7-10-11(23-12)6-9(14(18)19)15(20)22-10/h6-8H,2-5H2,1H3,(H,18,19). The van der Waals surface area contributed by atoms with Gasteiger partial charge in [-0.2, -0.15) is 0 Å². The quantitative estimate of drug-likeness (QED) is 0.919. The number of hydrogen-bond acceptors (Lipinski definition) is 6. The summed E-state index contributed by atoms with van der Waals surface area (Å²) >= 11 is 1.22. The van der Waals surface area contributed by atoms with E-state index in [0.29, 0.717) is 35.8 Å². The molecule has 0 saturated carbocycles. The van der Waals surface area contributed by atoms with Crippen molar-refractivity contribution in [2.45, 2.75) is 12.8 Å². The Morgan fingerprint density at radius 2 is 2.00 bits per heavy atom. The topological polar surface area (TPSA) is 97.1 Å². The van der Waals surface area contributed by atoms with E-state index in [1.165, 1.54) is 22.3 Å². The molecule has 7 nitrogen and oxygen atoms in total. The molecule has 1 fully saturated rings. The van der Waals surface area contributed by atoms with Gasteiger partial charge >= 0.3 is 11.6 Å². The molecule has 8 heteroatoms. The van der Waals surface area contributed by atoms with Crippen molar-refractivity contribution in [3.05, 3.63) is 28.1 Å². The molecule has 1 aliphatic heterocycles. The van der Waals surface area contributed by atoms with Crippen molar-refractivity contribution < 1.29 is 23.8 Å². The molecule has 0 radical (unpaired) electrons. The molecule has 1 N–H and O–H groups in total. The van der Waals surface area contributed by atoms with E-state index in [2.05, 4.69) is 0 Å². The number of carbonyl (C=O) groups excluding carboxylic acids is 1. The smallest absolute Gasteiger partial charge is 0.351 e. The van der Waals surface area contributed by atoms with Gasteiger partial charge in [0.1, 0.15) is 10.6 Å². The molecule has 1 saturated heterocycles. The number of anilines is 1. The first-order valence-electron chi connectivity index (χ1n) is 7.13. The molecule has 3 heterocycles. The molecule has 122 valence electrons. The second-order valence-electron chi connectivity index (χ2n) is 5.35. The summed E-state index contributed by atoms with van der Waals surface area (Å²) in [5.74, 6) is -1.43. The number of aromatic carboxylic acids is 1. The predicted octanol–water partition coefficient (Wildman–Crippen LogP) is 1.94. The van der Waals surface area contributed by atoms with Gasteiger partial charge in [-0.1, -0.05) is 0 Å². The third-order valence-electron chi connectivity index (χ3n) is 3.87. The normalized spacial score (nSPS) is 15.7. The van der Waals surface area contributed by atoms with E-state index in [9.17, 15) is 14.4 Å². The Balaban J connectivity index is 1.91. The number of hydrogen-bond donors (Lipinski definition) is 1. The van der Waals surface area contributed by atoms with Crippen LogP contribution >= 0.6 is 11.3 Å². The van der Waals surface area contributed by atoms with E-state index >= 15 is 0 Å². The van der Waals surface area contributed by atoms with Crippen LogP contribution in [-0.4, -0.2) is 37.2 Å². The van der Waals surface area contributed by atoms with Crippen molar-refractivity contribution in [1.82, 2.24) is 0 Å². The SMILES string of the molecule is CN(C(=O)C1CCOCC1)c1cc2oc(=O)c(C(=O)O)cc2s1. The number of fused-ring (bicyclic) bond motifs is 1. The first kappa shape index (κ1) is 15.7. The van der Waals surface area contributed by atoms with Gasteiger partial charge in [0, 0.05) is 32.2 Å². The van der Waals surface area contributed by atoms with Gasteiger partial charge in [-0.25, -0.2) is 9.59 Å². The minimum atomic E-state index is -1.33. The summed E-state index contributed by atoms with van der Waals surface area (Å²) in [6.07, 6.45) is 1.37. The molecule has 0 spiro atoms. The summed E-state index contributed by atoms with van der Waals surface area (Å²) in [5, 5.41) is 9.58. The van der Waals surface area contributed by atoms with E-state index in [1.54, 1.807) is 13.1 Å². The van der Waals surface area contributed by atoms with Crippen molar-refractivity contribution >= 4 is 38.5 Å². The zero-order valence-electron chi connectivity index (χ0n) is 12.4. The third kappa shape index (κ3) is 2.99. The van der Waals surface area contributed by atoms with E-state index in [1.807, 2.05) is 0 Å². The van der Waals surface area contributed by atoms with Gasteiger partial charge < -0.3 is 19.2 Å². The lowest BCUT2D eigenvalue weighted by molar-refractivity contribution is -0.124. The van der Waals surface area contributed by atoms with Gasteiger partial charge in [0.15, 0.2) is 5.58 Å². The fourth-order valence-electron chi connectivity index (χ4n) is 2.54. The van der Waals surface area contributed by atoms with Crippen molar-refractivity contribution in [1.29, 1.82) is 0 Å². The molecule has 0 atom stereocenters. The third-order valence-corrected chi connectivity index (χ3v) is 5.01. The average molecular weight is 337 g/mol. The summed E-state index contributed by atoms with van der Waals surface area (Å²) in [7, 11) is 1.67. The number of carbonyl (C=O) groups is 2. The number of nitrogens with zero attached hydrogens (tertiary/aromatic N) is 1. The highest BCUT2D eigenvalue weighted by molar-refractivity contribution is 7.22. The molecule has 0 aliphatic carbocycles. The van der Waals surface area contributed by atoms with Crippen LogP contribution in [0.2, 0.25) is 0 Å². The molecule has 1 aliphatic rings. The first-order valence-corrected chi connectivity index (χ1v) is 7.95. The van der Waals surface area contributed by atoms with Crippen molar-refractivity contribution in [2.75, 3.05) is 25.2 Å². The summed E-state index contributed by atoms with van der Waals surface area (Å²) < 4.78 is 10.8. The van der Waals surface area contributed by atoms with E-state index in [4.69, 9.17) is 14.3 Å². The number of ether oxygens (including phenoxy) is 1. The maximum atomic E-state index is 12.5. The van der Waals surface area contributed by atoms with Gasteiger partial charge in [0.25, 0.3) is 0 Å². The van der Waals surface area contributed by atoms with Crippen LogP contribution in [0.25, 0.3) is 10.3 Å². The first-order chi connectivity index (χ1) is 11.0. The van der Waals surface area contributed by atoms with E-state index in [-0.39, 0.29) is 17.4 Å². The lowest BCUT2D eigenvalue weighted by Gasteiger charge is -2.25. The average Bonchev–Trinajstić information content (AvgIpc) is 2.96. The Morgan fingerprint density at radius 1 is 1.30 bits per heavy atom. The number of amides is 1. The van der Waals surface area contributed by atoms with E-state index in [0.717, 1.165) is 0 Å². The Bertz CT molecular complexity index is 817. The molecule has 0 bridgehead atoms. The molecule has 3 rings (SSSR count). The Morgan fingerprint density at radius 3 is 2.65 bits per heavy atom. The maximum Gasteiger partial charge on any atom is 0.351 e. The number of carboxylic acid groups (broad SMARTS) is 1. The van der Waals surface area contributed by atoms with Crippen molar-refractivity contribution in [3.8, 4) is 0 Å². The number of carboxylic acids is 1. The monoisotopic (exact) mass is 337 g/mol.